The van der Waals surface area contributed by atoms with Crippen LogP contribution in [0, 0.1) is 16.7 Å². The van der Waals surface area contributed by atoms with E-state index in [0.717, 1.165) is 0 Å². The lowest BCUT2D eigenvalue weighted by atomic mass is 9.82. The topological polar surface area (TPSA) is 61.2 Å². The maximum Gasteiger partial charge on any atom is 0.243 e. The van der Waals surface area contributed by atoms with Gasteiger partial charge in [-0.15, -0.1) is 0 Å². The van der Waals surface area contributed by atoms with Crippen LogP contribution in [0.1, 0.15) is 26.7 Å². The molecule has 1 rings (SSSR count). The van der Waals surface area contributed by atoms with Crippen LogP contribution in [0.25, 0.3) is 0 Å². The van der Waals surface area contributed by atoms with Crippen molar-refractivity contribution in [3.8, 4) is 6.07 Å². The third-order valence-corrected chi connectivity index (χ3v) is 4.57. The highest BCUT2D eigenvalue weighted by molar-refractivity contribution is 7.85. The van der Waals surface area contributed by atoms with Crippen LogP contribution in [0.2, 0.25) is 0 Å². The van der Waals surface area contributed by atoms with Crippen LogP contribution in [-0.2, 0) is 15.6 Å². The van der Waals surface area contributed by atoms with Gasteiger partial charge in [0.15, 0.2) is 0 Å². The van der Waals surface area contributed by atoms with Gasteiger partial charge in [-0.2, -0.15) is 5.26 Å². The van der Waals surface area contributed by atoms with Crippen LogP contribution in [0.15, 0.2) is 0 Å². The molecule has 1 amide bonds. The van der Waals surface area contributed by atoms with E-state index in [1.807, 2.05) is 13.8 Å². The summed E-state index contributed by atoms with van der Waals surface area (Å²) in [7, 11) is -0.787. The highest BCUT2D eigenvalue weighted by Crippen LogP contribution is 2.28. The molecule has 0 unspecified atom stereocenters. The minimum Gasteiger partial charge on any atom is -0.339 e. The average molecular weight is 242 g/mol. The van der Waals surface area contributed by atoms with Crippen LogP contribution in [-0.4, -0.2) is 39.6 Å². The number of carbonyl (C=O) groups excluding carboxylic acids is 1. The lowest BCUT2D eigenvalue weighted by Crippen LogP contribution is -2.48. The molecule has 0 aromatic carbocycles. The third-order valence-electron chi connectivity index (χ3n) is 3.30. The normalized spacial score (nSPS) is 18.2. The Morgan fingerprint density at radius 1 is 1.38 bits per heavy atom. The first kappa shape index (κ1) is 13.2. The van der Waals surface area contributed by atoms with Crippen molar-refractivity contribution in [2.75, 3.05) is 24.6 Å². The second-order valence-corrected chi connectivity index (χ2v) is 5.74. The van der Waals surface area contributed by atoms with Crippen molar-refractivity contribution in [2.24, 2.45) is 5.41 Å². The smallest absolute Gasteiger partial charge is 0.243 e. The summed E-state index contributed by atoms with van der Waals surface area (Å²) in [6.07, 6.45) is 1.08. The molecule has 1 fully saturated rings. The SMILES string of the molecule is CCC(C#N)(CC)C(=O)N1CCS(=O)CC1. The van der Waals surface area contributed by atoms with Crippen molar-refractivity contribution in [2.45, 2.75) is 26.7 Å². The number of hydrogen-bond acceptors (Lipinski definition) is 3. The Bertz CT molecular complexity index is 321. The molecule has 5 heteroatoms. The number of carbonyl (C=O) groups is 1. The lowest BCUT2D eigenvalue weighted by Gasteiger charge is -2.33. The van der Waals surface area contributed by atoms with Gasteiger partial charge in [-0.3, -0.25) is 9.00 Å². The van der Waals surface area contributed by atoms with Gasteiger partial charge < -0.3 is 4.90 Å². The molecule has 90 valence electrons. The molecular formula is C11H18N2O2S. The van der Waals surface area contributed by atoms with E-state index < -0.39 is 16.2 Å². The first-order valence-electron chi connectivity index (χ1n) is 5.65. The first-order chi connectivity index (χ1) is 7.59. The minimum absolute atomic E-state index is 0.0864. The summed E-state index contributed by atoms with van der Waals surface area (Å²) in [6, 6.07) is 2.16. The molecule has 16 heavy (non-hydrogen) atoms. The van der Waals surface area contributed by atoms with Gasteiger partial charge in [-0.05, 0) is 12.8 Å². The zero-order chi connectivity index (χ0) is 12.2. The fourth-order valence-corrected chi connectivity index (χ4v) is 2.95. The van der Waals surface area contributed by atoms with E-state index in [1.54, 1.807) is 4.90 Å². The van der Waals surface area contributed by atoms with Gasteiger partial charge >= 0.3 is 0 Å². The van der Waals surface area contributed by atoms with Crippen molar-refractivity contribution in [1.29, 1.82) is 5.26 Å². The summed E-state index contributed by atoms with van der Waals surface area (Å²) < 4.78 is 11.2. The van der Waals surface area contributed by atoms with Gasteiger partial charge in [0.05, 0.1) is 6.07 Å². The van der Waals surface area contributed by atoms with Gasteiger partial charge in [-0.25, -0.2) is 0 Å². The Hall–Kier alpha value is -0.890. The molecule has 0 aliphatic carbocycles. The standard InChI is InChI=1S/C11H18N2O2S/c1-3-11(4-2,9-12)10(14)13-5-7-16(15)8-6-13/h3-8H2,1-2H3. The summed E-state index contributed by atoms with van der Waals surface area (Å²) in [6.45, 7) is 4.78. The Morgan fingerprint density at radius 2 is 1.88 bits per heavy atom. The average Bonchev–Trinajstić information content (AvgIpc) is 2.33. The van der Waals surface area contributed by atoms with E-state index in [-0.39, 0.29) is 5.91 Å². The Kier molecular flexibility index (Phi) is 4.48. The molecule has 0 bridgehead atoms. The molecule has 0 aromatic heterocycles. The van der Waals surface area contributed by atoms with Crippen molar-refractivity contribution >= 4 is 16.7 Å². The predicted octanol–water partition coefficient (Wildman–Crippen LogP) is 0.907. The number of nitriles is 1. The molecule has 1 aliphatic heterocycles. The van der Waals surface area contributed by atoms with E-state index in [9.17, 15) is 14.3 Å². The molecule has 0 N–H and O–H groups in total. The fourth-order valence-electron chi connectivity index (χ4n) is 1.90. The monoisotopic (exact) mass is 242 g/mol. The van der Waals surface area contributed by atoms with E-state index in [0.29, 0.717) is 37.4 Å². The Morgan fingerprint density at radius 3 is 2.25 bits per heavy atom. The third kappa shape index (κ3) is 2.43. The molecule has 1 aliphatic rings. The maximum absolute atomic E-state index is 12.2. The van der Waals surface area contributed by atoms with Crippen LogP contribution in [0.3, 0.4) is 0 Å². The minimum atomic E-state index is -0.876. The Labute approximate surface area is 99.1 Å². The Balaban J connectivity index is 2.77. The van der Waals surface area contributed by atoms with E-state index in [4.69, 9.17) is 0 Å². The molecule has 0 saturated carbocycles. The van der Waals surface area contributed by atoms with E-state index >= 15 is 0 Å². The number of rotatable bonds is 3. The molecule has 0 spiro atoms. The summed E-state index contributed by atoms with van der Waals surface area (Å²) in [5, 5.41) is 9.17. The molecule has 1 saturated heterocycles. The summed E-state index contributed by atoms with van der Waals surface area (Å²) in [5.41, 5.74) is -0.876. The van der Waals surface area contributed by atoms with Crippen LogP contribution in [0.4, 0.5) is 0 Å². The molecule has 0 radical (unpaired) electrons. The van der Waals surface area contributed by atoms with E-state index in [1.165, 1.54) is 0 Å². The number of hydrogen-bond donors (Lipinski definition) is 0. The summed E-state index contributed by atoms with van der Waals surface area (Å²) >= 11 is 0. The van der Waals surface area contributed by atoms with Gasteiger partial charge in [0.1, 0.15) is 5.41 Å². The van der Waals surface area contributed by atoms with Crippen molar-refractivity contribution in [3.05, 3.63) is 0 Å². The fraction of sp³-hybridized carbons (Fsp3) is 0.818. The molecule has 4 nitrogen and oxygen atoms in total. The van der Waals surface area contributed by atoms with Gasteiger partial charge in [0, 0.05) is 35.4 Å². The molecule has 0 atom stereocenters. The highest BCUT2D eigenvalue weighted by Gasteiger charge is 2.39. The lowest BCUT2D eigenvalue weighted by molar-refractivity contribution is -0.139. The zero-order valence-corrected chi connectivity index (χ0v) is 10.7. The van der Waals surface area contributed by atoms with E-state index in [2.05, 4.69) is 6.07 Å². The van der Waals surface area contributed by atoms with Gasteiger partial charge in [-0.1, -0.05) is 13.8 Å². The molecule has 0 aromatic rings. The second-order valence-electron chi connectivity index (χ2n) is 4.04. The predicted molar refractivity (Wildman–Crippen MR) is 63.1 cm³/mol. The second kappa shape index (κ2) is 5.44. The van der Waals surface area contributed by atoms with Gasteiger partial charge in [0.25, 0.3) is 0 Å². The largest absolute Gasteiger partial charge is 0.339 e. The highest BCUT2D eigenvalue weighted by atomic mass is 32.2. The molecular weight excluding hydrogens is 224 g/mol. The quantitative estimate of drug-likeness (QED) is 0.739. The van der Waals surface area contributed by atoms with Crippen molar-refractivity contribution in [3.63, 3.8) is 0 Å². The number of nitrogens with zero attached hydrogens (tertiary/aromatic N) is 2. The van der Waals surface area contributed by atoms with Gasteiger partial charge in [0.2, 0.25) is 5.91 Å². The summed E-state index contributed by atoms with van der Waals surface area (Å²) in [5.74, 6) is 0.998. The number of amides is 1. The zero-order valence-electron chi connectivity index (χ0n) is 9.86. The summed E-state index contributed by atoms with van der Waals surface area (Å²) in [4.78, 5) is 13.9. The van der Waals surface area contributed by atoms with Crippen molar-refractivity contribution < 1.29 is 9.00 Å². The maximum atomic E-state index is 12.2. The van der Waals surface area contributed by atoms with Crippen molar-refractivity contribution in [1.82, 2.24) is 4.90 Å². The first-order valence-corrected chi connectivity index (χ1v) is 7.14. The molecule has 1 heterocycles. The van der Waals surface area contributed by atoms with Crippen LogP contribution >= 0.6 is 0 Å². The van der Waals surface area contributed by atoms with Crippen LogP contribution < -0.4 is 0 Å². The van der Waals surface area contributed by atoms with Crippen LogP contribution in [0.5, 0.6) is 0 Å².